The molecule has 0 aliphatic carbocycles. The van der Waals surface area contributed by atoms with Crippen molar-refractivity contribution in [2.24, 2.45) is 0 Å². The summed E-state index contributed by atoms with van der Waals surface area (Å²) in [6.45, 7) is 3.93. The highest BCUT2D eigenvalue weighted by Gasteiger charge is 2.09. The van der Waals surface area contributed by atoms with E-state index >= 15 is 0 Å². The predicted octanol–water partition coefficient (Wildman–Crippen LogP) is 4.57. The van der Waals surface area contributed by atoms with Crippen LogP contribution in [0.5, 0.6) is 11.5 Å². The molecule has 0 saturated carbocycles. The van der Waals surface area contributed by atoms with Gasteiger partial charge in [-0.05, 0) is 49.2 Å². The zero-order chi connectivity index (χ0) is 16.1. The summed E-state index contributed by atoms with van der Waals surface area (Å²) in [6.07, 6.45) is 0.521. The normalized spacial score (nSPS) is 10.6. The van der Waals surface area contributed by atoms with E-state index in [4.69, 9.17) is 9.47 Å². The molecule has 0 bridgehead atoms. The van der Waals surface area contributed by atoms with Gasteiger partial charge in [0.05, 0.1) is 13.2 Å². The maximum absolute atomic E-state index is 13.5. The van der Waals surface area contributed by atoms with E-state index in [1.807, 2.05) is 0 Å². The molecular formula is C17H17F3O2. The molecule has 118 valence electrons. The van der Waals surface area contributed by atoms with Gasteiger partial charge in [-0.1, -0.05) is 0 Å². The van der Waals surface area contributed by atoms with E-state index in [0.29, 0.717) is 29.9 Å². The lowest BCUT2D eigenvalue weighted by Gasteiger charge is -2.12. The van der Waals surface area contributed by atoms with Gasteiger partial charge in [0.25, 0.3) is 0 Å². The molecule has 5 heteroatoms. The summed E-state index contributed by atoms with van der Waals surface area (Å²) in [7, 11) is 0. The molecule has 22 heavy (non-hydrogen) atoms. The molecule has 0 radical (unpaired) electrons. The van der Waals surface area contributed by atoms with Gasteiger partial charge >= 0.3 is 0 Å². The number of hydrogen-bond acceptors (Lipinski definition) is 2. The van der Waals surface area contributed by atoms with Crippen molar-refractivity contribution in [3.05, 3.63) is 58.9 Å². The van der Waals surface area contributed by atoms with E-state index < -0.39 is 11.6 Å². The van der Waals surface area contributed by atoms with Crippen molar-refractivity contribution >= 4 is 0 Å². The van der Waals surface area contributed by atoms with Crippen LogP contribution >= 0.6 is 0 Å². The lowest BCUT2D eigenvalue weighted by atomic mass is 10.2. The Kier molecular flexibility index (Phi) is 5.31. The smallest absolute Gasteiger partial charge is 0.168 e. The second kappa shape index (κ2) is 7.20. The average molecular weight is 310 g/mol. The van der Waals surface area contributed by atoms with Crippen molar-refractivity contribution in [3.8, 4) is 11.5 Å². The van der Waals surface area contributed by atoms with Crippen molar-refractivity contribution < 1.29 is 22.6 Å². The van der Waals surface area contributed by atoms with E-state index in [2.05, 4.69) is 0 Å². The van der Waals surface area contributed by atoms with Gasteiger partial charge in [0.15, 0.2) is 11.6 Å². The largest absolute Gasteiger partial charge is 0.493 e. The van der Waals surface area contributed by atoms with E-state index in [9.17, 15) is 13.2 Å². The second-order valence-corrected chi connectivity index (χ2v) is 4.99. The van der Waals surface area contributed by atoms with E-state index in [1.165, 1.54) is 18.2 Å². The number of aryl methyl sites for hydroxylation is 2. The molecule has 0 unspecified atom stereocenters. The number of rotatable bonds is 6. The van der Waals surface area contributed by atoms with Crippen LogP contribution in [0.15, 0.2) is 30.3 Å². The van der Waals surface area contributed by atoms with Crippen LogP contribution in [0, 0.1) is 31.3 Å². The first kappa shape index (κ1) is 16.2. The molecule has 0 atom stereocenters. The highest BCUT2D eigenvalue weighted by molar-refractivity contribution is 5.34. The monoisotopic (exact) mass is 310 g/mol. The van der Waals surface area contributed by atoms with Gasteiger partial charge in [-0.15, -0.1) is 0 Å². The summed E-state index contributed by atoms with van der Waals surface area (Å²) in [5.41, 5.74) is 1.12. The summed E-state index contributed by atoms with van der Waals surface area (Å²) in [5.74, 6) is -0.995. The molecule has 0 aromatic heterocycles. The minimum absolute atomic E-state index is 0.0550. The third-order valence-corrected chi connectivity index (χ3v) is 3.12. The van der Waals surface area contributed by atoms with Crippen LogP contribution in [0.4, 0.5) is 13.2 Å². The fraction of sp³-hybridized carbons (Fsp3) is 0.294. The van der Waals surface area contributed by atoms with Crippen LogP contribution in [-0.4, -0.2) is 13.2 Å². The Morgan fingerprint density at radius 3 is 2.18 bits per heavy atom. The Balaban J connectivity index is 1.80. The quantitative estimate of drug-likeness (QED) is 0.728. The van der Waals surface area contributed by atoms with Crippen LogP contribution in [-0.2, 0) is 0 Å². The number of ether oxygens (including phenoxy) is 2. The lowest BCUT2D eigenvalue weighted by molar-refractivity contribution is 0.239. The minimum atomic E-state index is -0.715. The molecule has 0 fully saturated rings. The van der Waals surface area contributed by atoms with Crippen molar-refractivity contribution in [3.63, 3.8) is 0 Å². The minimum Gasteiger partial charge on any atom is -0.493 e. The summed E-state index contributed by atoms with van der Waals surface area (Å²) < 4.78 is 50.3. The molecule has 0 heterocycles. The van der Waals surface area contributed by atoms with Crippen molar-refractivity contribution in [1.29, 1.82) is 0 Å². The number of halogens is 3. The predicted molar refractivity (Wildman–Crippen MR) is 77.8 cm³/mol. The SMILES string of the molecule is Cc1cc(F)ccc1OCCCOc1c(C)cc(F)cc1F. The van der Waals surface area contributed by atoms with Gasteiger partial charge in [-0.25, -0.2) is 13.2 Å². The van der Waals surface area contributed by atoms with Crippen LogP contribution in [0.25, 0.3) is 0 Å². The Bertz CT molecular complexity index is 633. The Morgan fingerprint density at radius 2 is 1.50 bits per heavy atom. The van der Waals surface area contributed by atoms with Gasteiger partial charge in [0.1, 0.15) is 17.4 Å². The fourth-order valence-corrected chi connectivity index (χ4v) is 2.06. The first-order chi connectivity index (χ1) is 10.5. The van der Waals surface area contributed by atoms with Gasteiger partial charge in [-0.3, -0.25) is 0 Å². The topological polar surface area (TPSA) is 18.5 Å². The Hall–Kier alpha value is -2.17. The van der Waals surface area contributed by atoms with E-state index in [0.717, 1.165) is 6.07 Å². The molecule has 2 rings (SSSR count). The molecule has 2 nitrogen and oxygen atoms in total. The zero-order valence-electron chi connectivity index (χ0n) is 12.5. The van der Waals surface area contributed by atoms with Gasteiger partial charge in [0.2, 0.25) is 0 Å². The molecule has 0 aliphatic rings. The zero-order valence-corrected chi connectivity index (χ0v) is 12.5. The molecule has 0 spiro atoms. The summed E-state index contributed by atoms with van der Waals surface area (Å²) >= 11 is 0. The summed E-state index contributed by atoms with van der Waals surface area (Å²) in [4.78, 5) is 0. The Morgan fingerprint density at radius 1 is 0.818 bits per heavy atom. The highest BCUT2D eigenvalue weighted by atomic mass is 19.1. The average Bonchev–Trinajstić information content (AvgIpc) is 2.42. The summed E-state index contributed by atoms with van der Waals surface area (Å²) in [5, 5.41) is 0. The van der Waals surface area contributed by atoms with Crippen molar-refractivity contribution in [2.45, 2.75) is 20.3 Å². The number of benzene rings is 2. The molecular weight excluding hydrogens is 293 g/mol. The number of hydrogen-bond donors (Lipinski definition) is 0. The molecule has 0 N–H and O–H groups in total. The second-order valence-electron chi connectivity index (χ2n) is 4.99. The van der Waals surface area contributed by atoms with Crippen LogP contribution in [0.1, 0.15) is 17.5 Å². The standard InChI is InChI=1S/C17H17F3O2/c1-11-8-13(18)4-5-16(11)21-6-3-7-22-17-12(2)9-14(19)10-15(17)20/h4-5,8-10H,3,6-7H2,1-2H3. The van der Waals surface area contributed by atoms with Crippen LogP contribution in [0.2, 0.25) is 0 Å². The molecule has 0 saturated heterocycles. The third-order valence-electron chi connectivity index (χ3n) is 3.12. The molecule has 0 aliphatic heterocycles. The first-order valence-electron chi connectivity index (χ1n) is 6.95. The van der Waals surface area contributed by atoms with E-state index in [-0.39, 0.29) is 18.2 Å². The fourth-order valence-electron chi connectivity index (χ4n) is 2.06. The van der Waals surface area contributed by atoms with Crippen LogP contribution in [0.3, 0.4) is 0 Å². The first-order valence-corrected chi connectivity index (χ1v) is 6.95. The maximum atomic E-state index is 13.5. The van der Waals surface area contributed by atoms with Gasteiger partial charge in [0, 0.05) is 12.5 Å². The third kappa shape index (κ3) is 4.16. The van der Waals surface area contributed by atoms with Crippen molar-refractivity contribution in [1.82, 2.24) is 0 Å². The molecule has 2 aromatic rings. The maximum Gasteiger partial charge on any atom is 0.168 e. The Labute approximate surface area is 127 Å². The van der Waals surface area contributed by atoms with Gasteiger partial charge < -0.3 is 9.47 Å². The molecule has 2 aromatic carbocycles. The van der Waals surface area contributed by atoms with Crippen LogP contribution < -0.4 is 9.47 Å². The lowest BCUT2D eigenvalue weighted by Crippen LogP contribution is -2.07. The molecule has 0 amide bonds. The highest BCUT2D eigenvalue weighted by Crippen LogP contribution is 2.23. The summed E-state index contributed by atoms with van der Waals surface area (Å²) in [6, 6.07) is 6.30. The van der Waals surface area contributed by atoms with E-state index in [1.54, 1.807) is 19.9 Å². The van der Waals surface area contributed by atoms with Gasteiger partial charge in [-0.2, -0.15) is 0 Å². The van der Waals surface area contributed by atoms with Crippen molar-refractivity contribution in [2.75, 3.05) is 13.2 Å².